The zero-order valence-corrected chi connectivity index (χ0v) is 38.2. The SMILES string of the molecule is CC.CC1(C)C2=C(Cl)C(=O)C(Cl)=CC2=Nc2ccccc21.CCCC.CNc1ccn(C(O)CC(O)(O)C(POC)POC)c(=O)n1.COP.COP. The highest BCUT2D eigenvalue weighted by molar-refractivity contribution is 7.52. The van der Waals surface area contributed by atoms with Crippen molar-refractivity contribution in [1.82, 2.24) is 9.55 Å². The van der Waals surface area contributed by atoms with E-state index in [1.54, 1.807) is 27.3 Å². The fourth-order valence-electron chi connectivity index (χ4n) is 4.35. The third kappa shape index (κ3) is 17.6. The van der Waals surface area contributed by atoms with Crippen molar-refractivity contribution < 1.29 is 38.2 Å². The number of aliphatic hydroxyl groups excluding tert-OH is 1. The van der Waals surface area contributed by atoms with E-state index in [0.717, 1.165) is 21.4 Å². The number of allylic oxidation sites excluding steroid dienone is 4. The minimum Gasteiger partial charge on any atom is -0.373 e. The molecule has 2 aliphatic rings. The average molecular weight is 862 g/mol. The highest BCUT2D eigenvalue weighted by atomic mass is 35.5. The molecule has 1 aliphatic carbocycles. The Morgan fingerprint density at radius 2 is 1.49 bits per heavy atom. The van der Waals surface area contributed by atoms with E-state index in [1.807, 2.05) is 52.0 Å². The Bertz CT molecular complexity index is 1520. The fraction of sp³-hybridized carbons (Fsp3) is 0.529. The van der Waals surface area contributed by atoms with Gasteiger partial charge in [-0.2, -0.15) is 4.98 Å². The topological polar surface area (TPSA) is 174 Å². The molecule has 53 heavy (non-hydrogen) atoms. The first-order chi connectivity index (χ1) is 25.0. The molecular weight excluding hydrogens is 803 g/mol. The number of anilines is 1. The molecule has 0 spiro atoms. The number of aliphatic imine (C=N–C) groups is 1. The van der Waals surface area contributed by atoms with Crippen LogP contribution in [0.1, 0.15) is 72.6 Å². The van der Waals surface area contributed by atoms with E-state index in [9.17, 15) is 24.9 Å². The second-order valence-electron chi connectivity index (χ2n) is 11.0. The molecule has 0 radical (unpaired) electrons. The van der Waals surface area contributed by atoms with Crippen LogP contribution >= 0.6 is 59.8 Å². The first kappa shape index (κ1) is 53.8. The van der Waals surface area contributed by atoms with Crippen molar-refractivity contribution in [1.29, 1.82) is 0 Å². The van der Waals surface area contributed by atoms with Crippen molar-refractivity contribution in [2.24, 2.45) is 4.99 Å². The molecule has 302 valence electrons. The van der Waals surface area contributed by atoms with E-state index in [0.29, 0.717) is 11.5 Å². The van der Waals surface area contributed by atoms with Gasteiger partial charge in [0.1, 0.15) is 12.0 Å². The number of carbonyl (C=O) groups is 1. The normalized spacial score (nSPS) is 15.2. The van der Waals surface area contributed by atoms with Crippen LogP contribution < -0.4 is 11.0 Å². The second kappa shape index (κ2) is 29.0. The van der Waals surface area contributed by atoms with Gasteiger partial charge in [-0.15, -0.1) is 0 Å². The summed E-state index contributed by atoms with van der Waals surface area (Å²) in [7, 11) is 11.4. The van der Waals surface area contributed by atoms with Gasteiger partial charge in [0, 0.05) is 76.7 Å². The molecule has 1 aromatic heterocycles. The van der Waals surface area contributed by atoms with Crippen molar-refractivity contribution in [2.45, 2.75) is 83.6 Å². The van der Waals surface area contributed by atoms with Gasteiger partial charge in [-0.05, 0) is 42.7 Å². The number of aromatic nitrogens is 2. The van der Waals surface area contributed by atoms with Gasteiger partial charge in [-0.25, -0.2) is 9.79 Å². The van der Waals surface area contributed by atoms with Crippen LogP contribution in [0.2, 0.25) is 0 Å². The van der Waals surface area contributed by atoms with Crippen LogP contribution in [0, 0.1) is 0 Å². The van der Waals surface area contributed by atoms with Gasteiger partial charge in [0.15, 0.2) is 5.79 Å². The molecule has 13 nitrogen and oxygen atoms in total. The number of nitrogens with zero attached hydrogens (tertiary/aromatic N) is 3. The summed E-state index contributed by atoms with van der Waals surface area (Å²) < 4.78 is 19.2. The van der Waals surface area contributed by atoms with E-state index >= 15 is 0 Å². The largest absolute Gasteiger partial charge is 0.373 e. The molecule has 5 unspecified atom stereocenters. The van der Waals surface area contributed by atoms with Crippen LogP contribution in [0.25, 0.3) is 0 Å². The van der Waals surface area contributed by atoms with E-state index in [1.165, 1.54) is 39.3 Å². The van der Waals surface area contributed by atoms with Crippen LogP contribution in [-0.2, 0) is 28.3 Å². The number of aliphatic hydroxyl groups is 3. The summed E-state index contributed by atoms with van der Waals surface area (Å²) in [6.45, 7) is 12.4. The first-order valence-electron chi connectivity index (χ1n) is 16.5. The molecule has 0 saturated carbocycles. The van der Waals surface area contributed by atoms with Crippen molar-refractivity contribution in [3.63, 3.8) is 0 Å². The lowest BCUT2D eigenvalue weighted by Crippen LogP contribution is -2.41. The zero-order valence-electron chi connectivity index (χ0n) is 32.4. The Morgan fingerprint density at radius 1 is 0.981 bits per heavy atom. The fourth-order valence-corrected chi connectivity index (χ4v) is 7.01. The summed E-state index contributed by atoms with van der Waals surface area (Å²) >= 11 is 12.1. The van der Waals surface area contributed by atoms with Crippen molar-refractivity contribution in [2.75, 3.05) is 40.8 Å². The number of unbranched alkanes of at least 4 members (excludes halogenated alkanes) is 1. The summed E-state index contributed by atoms with van der Waals surface area (Å²) in [4.78, 5) is 32.0. The Kier molecular flexibility index (Phi) is 29.5. The van der Waals surface area contributed by atoms with Crippen LogP contribution in [0.3, 0.4) is 0 Å². The third-order valence-electron chi connectivity index (χ3n) is 6.92. The zero-order chi connectivity index (χ0) is 41.4. The van der Waals surface area contributed by atoms with Gasteiger partial charge in [-0.1, -0.05) is 95.8 Å². The second-order valence-corrected chi connectivity index (χ2v) is 15.8. The highest BCUT2D eigenvalue weighted by Gasteiger charge is 2.40. The predicted molar refractivity (Wildman–Crippen MR) is 229 cm³/mol. The summed E-state index contributed by atoms with van der Waals surface area (Å²) in [5.74, 6) is -2.22. The summed E-state index contributed by atoms with van der Waals surface area (Å²) in [6.07, 6.45) is 3.65. The van der Waals surface area contributed by atoms with Crippen molar-refractivity contribution >= 4 is 82.8 Å². The maximum Gasteiger partial charge on any atom is 0.351 e. The lowest BCUT2D eigenvalue weighted by molar-refractivity contribution is -0.178. The highest BCUT2D eigenvalue weighted by Crippen LogP contribution is 2.46. The number of Topliss-reactive ketones (excluding diaryl/α,β-unsaturated/α-hetero) is 1. The predicted octanol–water partition coefficient (Wildman–Crippen LogP) is 7.58. The van der Waals surface area contributed by atoms with Gasteiger partial charge >= 0.3 is 5.69 Å². The van der Waals surface area contributed by atoms with E-state index in [-0.39, 0.29) is 38.9 Å². The van der Waals surface area contributed by atoms with Crippen molar-refractivity contribution in [3.05, 3.63) is 74.3 Å². The number of nitrogens with one attached hydrogen (secondary N) is 1. The number of hydrogen-bond acceptors (Lipinski definition) is 12. The Morgan fingerprint density at radius 3 is 1.94 bits per heavy atom. The van der Waals surface area contributed by atoms with Crippen LogP contribution in [0.4, 0.5) is 11.5 Å². The van der Waals surface area contributed by atoms with Crippen LogP contribution in [0.15, 0.2) is 68.0 Å². The van der Waals surface area contributed by atoms with Gasteiger partial charge in [-0.3, -0.25) is 9.36 Å². The van der Waals surface area contributed by atoms with E-state index in [4.69, 9.17) is 32.2 Å². The van der Waals surface area contributed by atoms with Gasteiger partial charge in [0.05, 0.1) is 26.9 Å². The van der Waals surface area contributed by atoms with Gasteiger partial charge < -0.3 is 38.7 Å². The minimum absolute atomic E-state index is 0.114. The van der Waals surface area contributed by atoms with Crippen LogP contribution in [0.5, 0.6) is 0 Å². The molecule has 0 bridgehead atoms. The number of carbonyl (C=O) groups excluding carboxylic acids is 1. The molecule has 0 fully saturated rings. The third-order valence-corrected chi connectivity index (χ3v) is 10.1. The number of benzene rings is 1. The summed E-state index contributed by atoms with van der Waals surface area (Å²) in [5.41, 5.74) is 2.32. The Labute approximate surface area is 333 Å². The molecule has 4 rings (SSSR count). The summed E-state index contributed by atoms with van der Waals surface area (Å²) in [5, 5.41) is 32.7. The average Bonchev–Trinajstić information content (AvgIpc) is 3.12. The van der Waals surface area contributed by atoms with Gasteiger partial charge in [0.25, 0.3) is 0 Å². The molecule has 2 aromatic rings. The first-order valence-corrected chi connectivity index (χ1v) is 20.1. The molecule has 0 saturated heterocycles. The smallest absolute Gasteiger partial charge is 0.351 e. The van der Waals surface area contributed by atoms with Gasteiger partial charge in [0.2, 0.25) is 5.78 Å². The lowest BCUT2D eigenvalue weighted by Gasteiger charge is -2.35. The number of fused-ring (bicyclic) bond motifs is 2. The summed E-state index contributed by atoms with van der Waals surface area (Å²) in [6, 6.07) is 9.36. The molecule has 2 heterocycles. The number of ketones is 1. The molecule has 0 amide bonds. The minimum atomic E-state index is -2.25. The molecule has 4 N–H and O–H groups in total. The maximum atomic E-state index is 11.9. The Balaban J connectivity index is 0. The Hall–Kier alpha value is -1.26. The number of rotatable bonds is 10. The molecular formula is C34H58Cl2N4O9P4. The molecule has 1 aromatic carbocycles. The maximum absolute atomic E-state index is 11.9. The molecule has 19 heteroatoms. The monoisotopic (exact) mass is 860 g/mol. The quantitative estimate of drug-likeness (QED) is 0.105. The number of halogens is 2. The number of para-hydroxylation sites is 1. The van der Waals surface area contributed by atoms with E-state index < -0.39 is 29.5 Å². The molecule has 5 atom stereocenters. The molecule has 1 aliphatic heterocycles. The van der Waals surface area contributed by atoms with E-state index in [2.05, 4.69) is 57.1 Å². The number of hydrogen-bond donors (Lipinski definition) is 4. The van der Waals surface area contributed by atoms with Crippen LogP contribution in [-0.4, -0.2) is 83.0 Å². The lowest BCUT2D eigenvalue weighted by atomic mass is 9.71. The van der Waals surface area contributed by atoms with Crippen molar-refractivity contribution in [3.8, 4) is 0 Å². The standard InChI is InChI=1S/C15H11Cl2NO.C11H21N3O6P2.C4H10.C2H6.2CH5OP/c1-15(2)8-5-3-4-6-10(8)18-11-7-9(16)14(19)13(17)12(11)15;1-12-7-4-5-14(10(16)13-7)8(15)6-11(17,18)9(21-19-2)22-20-3;1-3-4-2;1-2;2*1-2-3/h3-7H,1-2H3;4-5,8-9,15,17-18,21-22H,6H2,1-3H3,(H,12,13,16);3-4H2,1-2H3;1-2H3;2*3H2,1H3.